The predicted molar refractivity (Wildman–Crippen MR) is 250 cm³/mol. The van der Waals surface area contributed by atoms with Gasteiger partial charge in [-0.15, -0.1) is 0 Å². The van der Waals surface area contributed by atoms with Crippen LogP contribution in [0.25, 0.3) is 44.1 Å². The lowest BCUT2D eigenvalue weighted by atomic mass is 9.88. The first-order valence-electron chi connectivity index (χ1n) is 22.2. The molecule has 0 saturated carbocycles. The minimum atomic E-state index is -0.436. The van der Waals surface area contributed by atoms with Gasteiger partial charge in [0.25, 0.3) is 23.6 Å². The topological polar surface area (TPSA) is 167 Å². The lowest BCUT2D eigenvalue weighted by Crippen LogP contribution is -2.31. The van der Waals surface area contributed by atoms with Gasteiger partial charge in [0, 0.05) is 0 Å². The van der Waals surface area contributed by atoms with Crippen LogP contribution in [0.5, 0.6) is 11.5 Å². The van der Waals surface area contributed by atoms with Crippen LogP contribution in [0.3, 0.4) is 0 Å². The van der Waals surface area contributed by atoms with Crippen LogP contribution in [0.1, 0.15) is 140 Å². The van der Waals surface area contributed by atoms with Gasteiger partial charge in [0.2, 0.25) is 0 Å². The highest BCUT2D eigenvalue weighted by Crippen LogP contribution is 2.43. The van der Waals surface area contributed by atoms with Gasteiger partial charge < -0.3 is 10.2 Å². The van der Waals surface area contributed by atoms with Crippen LogP contribution in [-0.2, 0) is 25.7 Å². The van der Waals surface area contributed by atoms with Gasteiger partial charge in [-0.1, -0.05) is 41.5 Å². The third kappa shape index (κ3) is 6.25. The van der Waals surface area contributed by atoms with Crippen molar-refractivity contribution < 1.29 is 29.4 Å². The maximum Gasteiger partial charge on any atom is 0.266 e. The number of rotatable bonds is 5. The van der Waals surface area contributed by atoms with Crippen molar-refractivity contribution in [2.24, 2.45) is 0 Å². The quantitative estimate of drug-likeness (QED) is 0.126. The number of imide groups is 2. The Kier molecular flexibility index (Phi) is 8.94. The van der Waals surface area contributed by atoms with E-state index in [4.69, 9.17) is 19.9 Å². The predicted octanol–water partition coefficient (Wildman–Crippen LogP) is 10.1. The van der Waals surface area contributed by atoms with E-state index in [1.807, 2.05) is 41.5 Å². The summed E-state index contributed by atoms with van der Waals surface area (Å²) in [6.07, 6.45) is 2.98. The summed E-state index contributed by atoms with van der Waals surface area (Å²) in [5.41, 5.74) is 13.7. The number of amides is 4. The molecule has 4 amide bonds. The highest BCUT2D eigenvalue weighted by molar-refractivity contribution is 6.36. The SMILES string of the molecule is CC(C)c1cc(O)ccc1N1C(=O)c2cc3nc4cc5c(cc4nc3cc2C1=O)CCc1cc2nc3cc4c(cc3nc2cc1CC5)C(=O)N(c1c(C(C)C)cc(O)cc1C(C)C)C4=O. The molecule has 3 aliphatic rings. The van der Waals surface area contributed by atoms with Crippen LogP contribution < -0.4 is 9.80 Å². The number of phenols is 2. The number of carbonyl (C=O) groups is 4. The summed E-state index contributed by atoms with van der Waals surface area (Å²) in [5, 5.41) is 20.7. The third-order valence-electron chi connectivity index (χ3n) is 13.3. The second kappa shape index (κ2) is 14.5. The van der Waals surface area contributed by atoms with Gasteiger partial charge in [0.1, 0.15) is 11.5 Å². The lowest BCUT2D eigenvalue weighted by Gasteiger charge is -2.25. The smallest absolute Gasteiger partial charge is 0.266 e. The largest absolute Gasteiger partial charge is 0.508 e. The summed E-state index contributed by atoms with van der Waals surface area (Å²) in [4.78, 5) is 78.4. The zero-order valence-corrected chi connectivity index (χ0v) is 36.8. The van der Waals surface area contributed by atoms with Crippen molar-refractivity contribution in [2.75, 3.05) is 9.80 Å². The number of fused-ring (bicyclic) bond motifs is 8. The Hall–Kier alpha value is -7.60. The molecule has 8 aromatic rings. The van der Waals surface area contributed by atoms with E-state index in [9.17, 15) is 29.4 Å². The third-order valence-corrected chi connectivity index (χ3v) is 13.3. The number of aromatic hydroxyl groups is 2. The van der Waals surface area contributed by atoms with E-state index >= 15 is 0 Å². The van der Waals surface area contributed by atoms with Crippen molar-refractivity contribution in [1.82, 2.24) is 19.9 Å². The second-order valence-electron chi connectivity index (χ2n) is 18.5. The summed E-state index contributed by atoms with van der Waals surface area (Å²) >= 11 is 0. The average Bonchev–Trinajstić information content (AvgIpc) is 3.65. The van der Waals surface area contributed by atoms with Gasteiger partial charge in [-0.25, -0.2) is 29.7 Å². The molecule has 12 heteroatoms. The molecule has 1 aliphatic carbocycles. The Bertz CT molecular complexity index is 3310. The molecule has 12 nitrogen and oxygen atoms in total. The Morgan fingerprint density at radius 3 is 1.05 bits per heavy atom. The normalized spacial score (nSPS) is 15.0. The monoisotopic (exact) mass is 860 g/mol. The summed E-state index contributed by atoms with van der Waals surface area (Å²) in [6, 6.07) is 23.0. The zero-order chi connectivity index (χ0) is 45.3. The molecule has 4 heterocycles. The molecule has 2 aliphatic heterocycles. The van der Waals surface area contributed by atoms with E-state index < -0.39 is 23.6 Å². The molecular weight excluding hydrogens is 817 g/mol. The fraction of sp³-hybridized carbons (Fsp3) is 0.245. The van der Waals surface area contributed by atoms with E-state index in [-0.39, 0.29) is 51.5 Å². The van der Waals surface area contributed by atoms with Crippen molar-refractivity contribution >= 4 is 79.1 Å². The highest BCUT2D eigenvalue weighted by atomic mass is 16.3. The van der Waals surface area contributed by atoms with Crippen LogP contribution in [-0.4, -0.2) is 53.8 Å². The number of aromatic nitrogens is 4. The van der Waals surface area contributed by atoms with Crippen molar-refractivity contribution in [3.05, 3.63) is 140 Å². The molecular formula is C53H44N6O6. The Morgan fingerprint density at radius 1 is 0.400 bits per heavy atom. The Labute approximate surface area is 373 Å². The first-order valence-corrected chi connectivity index (χ1v) is 22.2. The van der Waals surface area contributed by atoms with E-state index in [2.05, 4.69) is 24.3 Å². The number of benzene rings is 6. The maximum atomic E-state index is 14.2. The number of aryl methyl sites for hydroxylation is 4. The fourth-order valence-corrected chi connectivity index (χ4v) is 9.99. The summed E-state index contributed by atoms with van der Waals surface area (Å²) in [5.74, 6) is -1.71. The zero-order valence-electron chi connectivity index (χ0n) is 36.8. The number of nitrogens with zero attached hydrogens (tertiary/aromatic N) is 6. The van der Waals surface area contributed by atoms with E-state index in [1.54, 1.807) is 48.5 Å². The minimum Gasteiger partial charge on any atom is -0.508 e. The van der Waals surface area contributed by atoms with E-state index in [0.29, 0.717) is 61.1 Å². The number of phenolic OH excluding ortho intramolecular Hbond substituents is 2. The molecule has 0 bridgehead atoms. The molecule has 0 saturated heterocycles. The molecule has 0 fully saturated rings. The summed E-state index contributed by atoms with van der Waals surface area (Å²) in [6.45, 7) is 11.8. The van der Waals surface area contributed by atoms with Gasteiger partial charge in [-0.05, 0) is 161 Å². The first-order chi connectivity index (χ1) is 31.1. The number of anilines is 2. The molecule has 65 heavy (non-hydrogen) atoms. The number of carbonyl (C=O) groups excluding carboxylic acids is 4. The van der Waals surface area contributed by atoms with Crippen LogP contribution in [0.2, 0.25) is 0 Å². The molecule has 322 valence electrons. The van der Waals surface area contributed by atoms with E-state index in [1.165, 1.54) is 15.9 Å². The summed E-state index contributed by atoms with van der Waals surface area (Å²) in [7, 11) is 0. The van der Waals surface area contributed by atoms with Gasteiger partial charge in [0.15, 0.2) is 0 Å². The van der Waals surface area contributed by atoms with E-state index in [0.717, 1.165) is 59.1 Å². The van der Waals surface area contributed by atoms with Crippen LogP contribution >= 0.6 is 0 Å². The van der Waals surface area contributed by atoms with Crippen LogP contribution in [0.4, 0.5) is 11.4 Å². The Morgan fingerprint density at radius 2 is 0.708 bits per heavy atom. The van der Waals surface area contributed by atoms with Gasteiger partial charge >= 0.3 is 0 Å². The Balaban J connectivity index is 0.914. The molecule has 0 atom stereocenters. The lowest BCUT2D eigenvalue weighted by molar-refractivity contribution is 0.0910. The minimum absolute atomic E-state index is 0.0419. The second-order valence-corrected chi connectivity index (χ2v) is 18.5. The van der Waals surface area contributed by atoms with Gasteiger partial charge in [-0.2, -0.15) is 0 Å². The number of hydrogen-bond acceptors (Lipinski definition) is 10. The molecule has 6 aromatic carbocycles. The van der Waals surface area contributed by atoms with Gasteiger partial charge in [0.05, 0.1) is 77.8 Å². The van der Waals surface area contributed by atoms with Crippen molar-refractivity contribution in [3.8, 4) is 11.5 Å². The highest BCUT2D eigenvalue weighted by Gasteiger charge is 2.41. The van der Waals surface area contributed by atoms with Crippen molar-refractivity contribution in [1.29, 1.82) is 0 Å². The van der Waals surface area contributed by atoms with Crippen molar-refractivity contribution in [2.45, 2.75) is 85.0 Å². The molecule has 0 spiro atoms. The number of hydrogen-bond donors (Lipinski definition) is 2. The summed E-state index contributed by atoms with van der Waals surface area (Å²) < 4.78 is 0. The molecule has 11 rings (SSSR count). The average molecular weight is 861 g/mol. The molecule has 0 unspecified atom stereocenters. The molecule has 0 radical (unpaired) electrons. The molecule has 2 N–H and O–H groups in total. The van der Waals surface area contributed by atoms with Crippen LogP contribution in [0, 0.1) is 0 Å². The van der Waals surface area contributed by atoms with Crippen molar-refractivity contribution in [3.63, 3.8) is 0 Å². The van der Waals surface area contributed by atoms with Gasteiger partial charge in [-0.3, -0.25) is 19.2 Å². The fourth-order valence-electron chi connectivity index (χ4n) is 9.99. The van der Waals surface area contributed by atoms with Crippen LogP contribution in [0.15, 0.2) is 78.9 Å². The molecule has 2 aromatic heterocycles. The standard InChI is InChI=1S/C53H44N6O6/c1-24(2)33-17-31(60)11-12-48(33)58-50(62)36-20-44-45(21-37(36)51(58)63)55-41-14-28-8-10-30-16-43-42(15-29(30)9-7-27(28)13-40(41)54-44)56-46-22-38-39(23-47(46)57-43)53(65)59(52(38)64)49-34(25(3)4)18-32(61)19-35(49)26(5)6/h11-26,60-61H,7-10H2,1-6H3. The first kappa shape index (κ1) is 40.2. The maximum absolute atomic E-state index is 14.2.